The highest BCUT2D eigenvalue weighted by Gasteiger charge is 2.47. The largest absolute Gasteiger partial charge is 0.387 e. The third-order valence-electron chi connectivity index (χ3n) is 5.44. The average Bonchev–Trinajstić information content (AvgIpc) is 2.88. The van der Waals surface area contributed by atoms with Gasteiger partial charge in [-0.05, 0) is 25.5 Å². The summed E-state index contributed by atoms with van der Waals surface area (Å²) in [5.41, 5.74) is 8.16. The van der Waals surface area contributed by atoms with E-state index in [1.54, 1.807) is 11.3 Å². The molecule has 3 N–H and O–H groups in total. The van der Waals surface area contributed by atoms with Gasteiger partial charge in [0, 0.05) is 61.6 Å². The van der Waals surface area contributed by atoms with E-state index in [1.807, 2.05) is 19.9 Å². The Labute approximate surface area is 170 Å². The molecule has 1 spiro atoms. The van der Waals surface area contributed by atoms with Crippen LogP contribution in [-0.2, 0) is 16.2 Å². The van der Waals surface area contributed by atoms with E-state index in [-0.39, 0.29) is 5.91 Å². The van der Waals surface area contributed by atoms with E-state index in [0.29, 0.717) is 36.4 Å². The summed E-state index contributed by atoms with van der Waals surface area (Å²) >= 11 is 1.71. The van der Waals surface area contributed by atoms with Crippen molar-refractivity contribution in [1.29, 1.82) is 0 Å². The molecule has 0 atom stereocenters. The minimum Gasteiger partial charge on any atom is -0.387 e. The maximum Gasteiger partial charge on any atom is 0.273 e. The summed E-state index contributed by atoms with van der Waals surface area (Å²) in [6.45, 7) is 10.5. The lowest BCUT2D eigenvalue weighted by atomic mass is 9.74. The van der Waals surface area contributed by atoms with Crippen molar-refractivity contribution in [2.24, 2.45) is 16.1 Å². The first-order chi connectivity index (χ1) is 13.5. The van der Waals surface area contributed by atoms with Crippen LogP contribution < -0.4 is 11.1 Å². The summed E-state index contributed by atoms with van der Waals surface area (Å²) < 4.78 is 0. The van der Waals surface area contributed by atoms with E-state index in [9.17, 15) is 4.79 Å². The fraction of sp³-hybridized carbons (Fsp3) is 0.600. The second-order valence-electron chi connectivity index (χ2n) is 7.99. The zero-order chi connectivity index (χ0) is 19.7. The number of hydrogen-bond acceptors (Lipinski definition) is 7. The number of hydroxylamine groups is 2. The van der Waals surface area contributed by atoms with E-state index in [2.05, 4.69) is 21.3 Å². The Balaban J connectivity index is 1.50. The smallest absolute Gasteiger partial charge is 0.273 e. The number of nitrogens with one attached hydrogen (secondary N) is 1. The van der Waals surface area contributed by atoms with Crippen molar-refractivity contribution in [3.05, 3.63) is 21.4 Å². The molecule has 4 heterocycles. The van der Waals surface area contributed by atoms with Crippen LogP contribution in [0.1, 0.15) is 36.4 Å². The Morgan fingerprint density at radius 1 is 1.43 bits per heavy atom. The van der Waals surface area contributed by atoms with Crippen molar-refractivity contribution in [3.8, 4) is 0 Å². The molecule has 152 valence electrons. The van der Waals surface area contributed by atoms with Crippen molar-refractivity contribution in [2.45, 2.75) is 33.2 Å². The van der Waals surface area contributed by atoms with Crippen LogP contribution in [0.3, 0.4) is 0 Å². The third-order valence-corrected chi connectivity index (χ3v) is 6.50. The Morgan fingerprint density at radius 2 is 2.21 bits per heavy atom. The number of carbonyl (C=O) groups excluding carboxylic acids is 1. The number of fused-ring (bicyclic) bond motifs is 1. The van der Waals surface area contributed by atoms with Gasteiger partial charge in [-0.15, -0.1) is 11.3 Å². The minimum absolute atomic E-state index is 0.119. The average molecular weight is 404 g/mol. The summed E-state index contributed by atoms with van der Waals surface area (Å²) in [4.78, 5) is 27.8. The lowest BCUT2D eigenvalue weighted by Crippen LogP contribution is -2.70. The first kappa shape index (κ1) is 19.6. The zero-order valence-electron chi connectivity index (χ0n) is 16.7. The Bertz CT molecular complexity index is 798. The number of nitrogens with two attached hydrogens (primary N) is 1. The highest BCUT2D eigenvalue weighted by molar-refractivity contribution is 7.13. The van der Waals surface area contributed by atoms with Crippen molar-refractivity contribution in [1.82, 2.24) is 15.3 Å². The van der Waals surface area contributed by atoms with Gasteiger partial charge in [-0.25, -0.2) is 10.1 Å². The van der Waals surface area contributed by atoms with Crippen molar-refractivity contribution >= 4 is 34.8 Å². The van der Waals surface area contributed by atoms with Crippen molar-refractivity contribution < 1.29 is 9.63 Å². The van der Waals surface area contributed by atoms with E-state index >= 15 is 0 Å². The van der Waals surface area contributed by atoms with E-state index in [0.717, 1.165) is 49.7 Å². The monoisotopic (exact) mass is 403 g/mol. The highest BCUT2D eigenvalue weighted by Crippen LogP contribution is 2.39. The number of likely N-dealkylation sites (tertiary alicyclic amines) is 1. The standard InChI is InChI=1S/C20H29N5O2S/c1-3-5-25(27-4-2)19(26)14-6-17-16(23-18(21)7-14)8-15(28-17)9-24-12-20(13-24)10-22-11-20/h6,8,22H,3-5,7,9-13H2,1-2H3,(H2,21,23). The molecule has 1 aromatic rings. The number of amides is 1. The highest BCUT2D eigenvalue weighted by atomic mass is 32.1. The number of carbonyl (C=O) groups is 1. The van der Waals surface area contributed by atoms with Gasteiger partial charge in [0.25, 0.3) is 5.91 Å². The van der Waals surface area contributed by atoms with Crippen LogP contribution in [0.4, 0.5) is 5.69 Å². The quantitative estimate of drug-likeness (QED) is 0.682. The molecule has 1 amide bonds. The first-order valence-electron chi connectivity index (χ1n) is 10.1. The van der Waals surface area contributed by atoms with Gasteiger partial charge in [0.2, 0.25) is 0 Å². The molecule has 0 radical (unpaired) electrons. The minimum atomic E-state index is -0.119. The van der Waals surface area contributed by atoms with Gasteiger partial charge in [-0.2, -0.15) is 0 Å². The van der Waals surface area contributed by atoms with Crippen LogP contribution in [0.15, 0.2) is 16.6 Å². The van der Waals surface area contributed by atoms with E-state index < -0.39 is 0 Å². The molecule has 0 aliphatic carbocycles. The first-order valence-corrected chi connectivity index (χ1v) is 10.9. The number of nitrogens with zero attached hydrogens (tertiary/aromatic N) is 3. The maximum atomic E-state index is 12.9. The molecule has 2 fully saturated rings. The Morgan fingerprint density at radius 3 is 2.86 bits per heavy atom. The second-order valence-corrected chi connectivity index (χ2v) is 9.15. The summed E-state index contributed by atoms with van der Waals surface area (Å²) in [5, 5.41) is 4.82. The third kappa shape index (κ3) is 3.87. The zero-order valence-corrected chi connectivity index (χ0v) is 17.5. The normalized spacial score (nSPS) is 20.5. The molecule has 0 aromatic carbocycles. The van der Waals surface area contributed by atoms with Crippen LogP contribution in [0.25, 0.3) is 6.08 Å². The fourth-order valence-corrected chi connectivity index (χ4v) is 5.24. The van der Waals surface area contributed by atoms with Crippen molar-refractivity contribution in [3.63, 3.8) is 0 Å². The molecule has 2 saturated heterocycles. The molecule has 7 nitrogen and oxygen atoms in total. The molecule has 3 aliphatic rings. The van der Waals surface area contributed by atoms with Gasteiger partial charge in [0.15, 0.2) is 0 Å². The molecule has 4 rings (SSSR count). The Kier molecular flexibility index (Phi) is 5.55. The van der Waals surface area contributed by atoms with Gasteiger partial charge in [0.05, 0.1) is 17.2 Å². The predicted octanol–water partition coefficient (Wildman–Crippen LogP) is 2.12. The number of amidine groups is 1. The summed E-state index contributed by atoms with van der Waals surface area (Å²) in [5.74, 6) is 0.353. The maximum absolute atomic E-state index is 12.9. The van der Waals surface area contributed by atoms with Gasteiger partial charge >= 0.3 is 0 Å². The van der Waals surface area contributed by atoms with Crippen LogP contribution in [0.5, 0.6) is 0 Å². The van der Waals surface area contributed by atoms with Crippen LogP contribution in [0.2, 0.25) is 0 Å². The van der Waals surface area contributed by atoms with Gasteiger partial charge in [0.1, 0.15) is 5.84 Å². The lowest BCUT2D eigenvalue weighted by molar-refractivity contribution is -0.180. The second kappa shape index (κ2) is 7.94. The molecule has 0 bridgehead atoms. The van der Waals surface area contributed by atoms with E-state index in [1.165, 1.54) is 9.94 Å². The van der Waals surface area contributed by atoms with Gasteiger partial charge in [-0.3, -0.25) is 14.5 Å². The summed E-state index contributed by atoms with van der Waals surface area (Å²) in [7, 11) is 0. The molecular formula is C20H29N5O2S. The van der Waals surface area contributed by atoms with E-state index in [4.69, 9.17) is 10.6 Å². The predicted molar refractivity (Wildman–Crippen MR) is 112 cm³/mol. The SMILES string of the molecule is CCCN(OCC)C(=O)C1=Cc2sc(CN3CC4(CNC4)C3)cc2N=C(N)C1. The summed E-state index contributed by atoms with van der Waals surface area (Å²) in [6.07, 6.45) is 3.14. The van der Waals surface area contributed by atoms with Gasteiger partial charge < -0.3 is 11.1 Å². The Hall–Kier alpha value is -1.74. The molecule has 0 saturated carbocycles. The molecule has 28 heavy (non-hydrogen) atoms. The molecule has 0 unspecified atom stereocenters. The van der Waals surface area contributed by atoms with Crippen molar-refractivity contribution in [2.75, 3.05) is 39.3 Å². The van der Waals surface area contributed by atoms with Crippen LogP contribution in [0, 0.1) is 5.41 Å². The summed E-state index contributed by atoms with van der Waals surface area (Å²) in [6, 6.07) is 2.12. The topological polar surface area (TPSA) is 83.2 Å². The molecule has 1 aromatic heterocycles. The lowest BCUT2D eigenvalue weighted by Gasteiger charge is -2.56. The molecule has 8 heteroatoms. The number of thiophene rings is 1. The number of aliphatic imine (C=N–C) groups is 1. The number of hydrogen-bond donors (Lipinski definition) is 2. The molecular weight excluding hydrogens is 374 g/mol. The number of rotatable bonds is 7. The molecule has 3 aliphatic heterocycles. The van der Waals surface area contributed by atoms with Crippen LogP contribution in [-0.4, -0.2) is 61.0 Å². The van der Waals surface area contributed by atoms with Crippen LogP contribution >= 0.6 is 11.3 Å². The fourth-order valence-electron chi connectivity index (χ4n) is 4.13. The van der Waals surface area contributed by atoms with Gasteiger partial charge in [-0.1, -0.05) is 6.92 Å².